The van der Waals surface area contributed by atoms with Crippen LogP contribution in [0, 0.1) is 0 Å². The van der Waals surface area contributed by atoms with Gasteiger partial charge in [0.1, 0.15) is 17.6 Å². The average Bonchev–Trinajstić information content (AvgIpc) is 3.47. The van der Waals surface area contributed by atoms with Crippen LogP contribution in [0.5, 0.6) is 0 Å². The summed E-state index contributed by atoms with van der Waals surface area (Å²) in [6.45, 7) is 0.361. The molecule has 1 aromatic carbocycles. The van der Waals surface area contributed by atoms with Crippen molar-refractivity contribution in [1.29, 1.82) is 0 Å². The molecule has 4 rings (SSSR count). The predicted molar refractivity (Wildman–Crippen MR) is 124 cm³/mol. The molecule has 1 aliphatic rings. The van der Waals surface area contributed by atoms with Gasteiger partial charge in [-0.25, -0.2) is 4.79 Å². The second-order valence-corrected chi connectivity index (χ2v) is 7.81. The van der Waals surface area contributed by atoms with E-state index in [1.807, 2.05) is 41.3 Å². The highest BCUT2D eigenvalue weighted by Gasteiger charge is 2.41. The van der Waals surface area contributed by atoms with Gasteiger partial charge in [0.2, 0.25) is 0 Å². The molecule has 1 N–H and O–H groups in total. The fraction of sp³-hybridized carbons (Fsp3) is 0.250. The van der Waals surface area contributed by atoms with E-state index in [0.717, 1.165) is 11.3 Å². The molecule has 8 nitrogen and oxygen atoms in total. The number of carbonyl (C=O) groups is 2. The van der Waals surface area contributed by atoms with E-state index in [9.17, 15) is 9.59 Å². The lowest BCUT2D eigenvalue weighted by Crippen LogP contribution is -2.31. The molecule has 0 radical (unpaired) electrons. The van der Waals surface area contributed by atoms with Crippen LogP contribution in [0.25, 0.3) is 11.3 Å². The number of nitrogens with one attached hydrogen (secondary N) is 1. The summed E-state index contributed by atoms with van der Waals surface area (Å²) in [6.07, 6.45) is 1.90. The molecule has 9 heteroatoms. The molecule has 33 heavy (non-hydrogen) atoms. The van der Waals surface area contributed by atoms with Crippen molar-refractivity contribution in [3.8, 4) is 11.3 Å². The van der Waals surface area contributed by atoms with Gasteiger partial charge in [0, 0.05) is 18.3 Å². The number of esters is 2. The van der Waals surface area contributed by atoms with Gasteiger partial charge in [-0.3, -0.25) is 9.78 Å². The maximum absolute atomic E-state index is 11.9. The van der Waals surface area contributed by atoms with E-state index in [1.165, 1.54) is 14.2 Å². The van der Waals surface area contributed by atoms with Crippen molar-refractivity contribution in [2.45, 2.75) is 18.5 Å². The van der Waals surface area contributed by atoms with Crippen LogP contribution in [0.4, 0.5) is 0 Å². The van der Waals surface area contributed by atoms with Gasteiger partial charge in [0.05, 0.1) is 37.9 Å². The fourth-order valence-corrected chi connectivity index (χ4v) is 4.19. The Morgan fingerprint density at radius 2 is 1.97 bits per heavy atom. The summed E-state index contributed by atoms with van der Waals surface area (Å²) < 4.78 is 15.9. The van der Waals surface area contributed by atoms with E-state index < -0.39 is 5.97 Å². The zero-order valence-electron chi connectivity index (χ0n) is 18.2. The Bertz CT molecular complexity index is 1160. The van der Waals surface area contributed by atoms with Crippen LogP contribution in [-0.4, -0.2) is 47.7 Å². The topological polar surface area (TPSA) is 93.9 Å². The normalized spacial score (nSPS) is 17.5. The van der Waals surface area contributed by atoms with Crippen molar-refractivity contribution in [3.63, 3.8) is 0 Å². The largest absolute Gasteiger partial charge is 0.469 e. The van der Waals surface area contributed by atoms with E-state index in [-0.39, 0.29) is 24.5 Å². The summed E-state index contributed by atoms with van der Waals surface area (Å²) in [7, 11) is 2.70. The van der Waals surface area contributed by atoms with Crippen molar-refractivity contribution < 1.29 is 23.5 Å². The van der Waals surface area contributed by atoms with Crippen LogP contribution < -0.4 is 5.32 Å². The first-order chi connectivity index (χ1) is 16.0. The number of hydrogen-bond donors (Lipinski definition) is 1. The highest BCUT2D eigenvalue weighted by atomic mass is 32.1. The summed E-state index contributed by atoms with van der Waals surface area (Å²) in [5.74, 6) is 0.512. The smallest absolute Gasteiger partial charge is 0.337 e. The molecule has 3 heterocycles. The van der Waals surface area contributed by atoms with Crippen LogP contribution in [0.15, 0.2) is 65.2 Å². The van der Waals surface area contributed by atoms with Gasteiger partial charge in [-0.1, -0.05) is 18.2 Å². The van der Waals surface area contributed by atoms with Crippen LogP contribution in [0.3, 0.4) is 0 Å². The first-order valence-electron chi connectivity index (χ1n) is 10.3. The number of furan rings is 1. The van der Waals surface area contributed by atoms with Gasteiger partial charge in [0.25, 0.3) is 0 Å². The predicted octanol–water partition coefficient (Wildman–Crippen LogP) is 3.66. The number of nitrogens with zero attached hydrogens (tertiary/aromatic N) is 2. The van der Waals surface area contributed by atoms with Crippen molar-refractivity contribution in [2.24, 2.45) is 0 Å². The summed E-state index contributed by atoms with van der Waals surface area (Å²) in [6, 6.07) is 15.8. The maximum atomic E-state index is 11.9. The van der Waals surface area contributed by atoms with E-state index in [0.29, 0.717) is 28.7 Å². The summed E-state index contributed by atoms with van der Waals surface area (Å²) in [5.41, 5.74) is 1.98. The average molecular weight is 466 g/mol. The molecule has 2 atom stereocenters. The quantitative estimate of drug-likeness (QED) is 0.414. The molecule has 1 fully saturated rings. The van der Waals surface area contributed by atoms with Crippen molar-refractivity contribution in [1.82, 2.24) is 15.2 Å². The monoisotopic (exact) mass is 465 g/mol. The number of ether oxygens (including phenoxy) is 2. The summed E-state index contributed by atoms with van der Waals surface area (Å²) in [5, 5.41) is 3.82. The molecule has 0 amide bonds. The van der Waals surface area contributed by atoms with Gasteiger partial charge in [-0.15, -0.1) is 0 Å². The number of aromatic nitrogens is 1. The van der Waals surface area contributed by atoms with Crippen LogP contribution in [0.2, 0.25) is 0 Å². The second-order valence-electron chi connectivity index (χ2n) is 7.42. The third-order valence-electron chi connectivity index (χ3n) is 5.47. The zero-order valence-corrected chi connectivity index (χ0v) is 19.0. The molecule has 170 valence electrons. The third kappa shape index (κ3) is 4.73. The molecule has 0 aliphatic carbocycles. The highest BCUT2D eigenvalue weighted by Crippen LogP contribution is 2.40. The Kier molecular flexibility index (Phi) is 6.69. The lowest BCUT2D eigenvalue weighted by atomic mass is 10.0. The molecule has 0 bridgehead atoms. The molecular weight excluding hydrogens is 442 g/mol. The second kappa shape index (κ2) is 9.83. The first-order valence-corrected chi connectivity index (χ1v) is 10.8. The van der Waals surface area contributed by atoms with Gasteiger partial charge in [-0.05, 0) is 48.6 Å². The van der Waals surface area contributed by atoms with Gasteiger partial charge in [0.15, 0.2) is 5.11 Å². The van der Waals surface area contributed by atoms with Gasteiger partial charge >= 0.3 is 11.9 Å². The lowest BCUT2D eigenvalue weighted by molar-refractivity contribution is -0.140. The number of hydrogen-bond acceptors (Lipinski definition) is 7. The number of carbonyl (C=O) groups excluding carboxylic acids is 2. The van der Waals surface area contributed by atoms with Crippen LogP contribution in [0.1, 0.15) is 40.3 Å². The van der Waals surface area contributed by atoms with Gasteiger partial charge < -0.3 is 24.1 Å². The van der Waals surface area contributed by atoms with Crippen molar-refractivity contribution in [3.05, 3.63) is 77.8 Å². The van der Waals surface area contributed by atoms with E-state index in [1.54, 1.807) is 24.4 Å². The molecule has 3 aromatic rings. The Morgan fingerprint density at radius 1 is 1.12 bits per heavy atom. The number of thiocarbonyl (C=S) groups is 1. The summed E-state index contributed by atoms with van der Waals surface area (Å²) >= 11 is 5.58. The zero-order chi connectivity index (χ0) is 23.4. The molecular formula is C24H23N3O5S. The number of pyridine rings is 1. The standard InChI is InChI=1S/C24H23N3O5S/c1-30-20(28)11-13-27-22(21(26-24(27)33)17-8-3-4-12-25-17)19-10-9-18(32-19)15-6-5-7-16(14-15)23(29)31-2/h3-10,12,14,21-22H,11,13H2,1-2H3,(H,26,33)/t21-,22+/m1/s1. The summed E-state index contributed by atoms with van der Waals surface area (Å²) in [4.78, 5) is 30.1. The molecule has 1 saturated heterocycles. The Morgan fingerprint density at radius 3 is 2.70 bits per heavy atom. The Hall–Kier alpha value is -3.72. The minimum Gasteiger partial charge on any atom is -0.469 e. The van der Waals surface area contributed by atoms with Crippen LogP contribution in [-0.2, 0) is 14.3 Å². The Balaban J connectivity index is 1.68. The number of benzene rings is 1. The highest BCUT2D eigenvalue weighted by molar-refractivity contribution is 7.80. The van der Waals surface area contributed by atoms with E-state index in [2.05, 4.69) is 10.3 Å². The molecule has 0 spiro atoms. The minimum absolute atomic E-state index is 0.179. The SMILES string of the molecule is COC(=O)CCN1C(=S)N[C@H](c2ccccn2)[C@@H]1c1ccc(-c2cccc(C(=O)OC)c2)o1. The third-order valence-corrected chi connectivity index (χ3v) is 5.82. The van der Waals surface area contributed by atoms with Crippen molar-refractivity contribution in [2.75, 3.05) is 20.8 Å². The van der Waals surface area contributed by atoms with E-state index >= 15 is 0 Å². The molecule has 2 aromatic heterocycles. The lowest BCUT2D eigenvalue weighted by Gasteiger charge is -2.25. The number of methoxy groups -OCH3 is 2. The fourth-order valence-electron chi connectivity index (χ4n) is 3.85. The molecule has 0 saturated carbocycles. The Labute approximate surface area is 196 Å². The maximum Gasteiger partial charge on any atom is 0.337 e. The first kappa shape index (κ1) is 22.5. The molecule has 0 unspecified atom stereocenters. The van der Waals surface area contributed by atoms with Crippen LogP contribution >= 0.6 is 12.2 Å². The molecule has 1 aliphatic heterocycles. The minimum atomic E-state index is -0.418. The van der Waals surface area contributed by atoms with E-state index in [4.69, 9.17) is 26.1 Å². The van der Waals surface area contributed by atoms with Crippen molar-refractivity contribution >= 4 is 29.3 Å². The number of rotatable bonds is 7. The van der Waals surface area contributed by atoms with Gasteiger partial charge in [-0.2, -0.15) is 0 Å².